The number of hydrogen-bond acceptors (Lipinski definition) is 8. The first kappa shape index (κ1) is 25.3. The number of carboxylic acid groups (broad SMARTS) is 1. The number of nitrogens with zero attached hydrogens (tertiary/aromatic N) is 7. The summed E-state index contributed by atoms with van der Waals surface area (Å²) in [4.78, 5) is 44.7. The van der Waals surface area contributed by atoms with Crippen LogP contribution in [0.25, 0.3) is 27.5 Å². The third kappa shape index (κ3) is 4.72. The first-order valence-electron chi connectivity index (χ1n) is 12.9. The number of anilines is 1. The fraction of sp³-hybridized carbons (Fsp3) is 0.370. The molecule has 39 heavy (non-hydrogen) atoms. The summed E-state index contributed by atoms with van der Waals surface area (Å²) in [7, 11) is 2.06. The number of piperazine rings is 1. The number of carbonyl (C=O) groups is 1. The predicted octanol–water partition coefficient (Wildman–Crippen LogP) is 3.26. The summed E-state index contributed by atoms with van der Waals surface area (Å²) in [6.07, 6.45) is 2.63. The maximum Gasteiger partial charge on any atom is 0.407 e. The van der Waals surface area contributed by atoms with Crippen molar-refractivity contribution in [3.05, 3.63) is 58.1 Å². The van der Waals surface area contributed by atoms with E-state index in [-0.39, 0.29) is 23.1 Å². The molecule has 1 atom stereocenters. The van der Waals surface area contributed by atoms with Crippen LogP contribution in [0, 0.1) is 0 Å². The molecule has 2 fully saturated rings. The van der Waals surface area contributed by atoms with Crippen LogP contribution < -0.4 is 15.2 Å². The Bertz CT molecular complexity index is 1610. The molecule has 202 valence electrons. The second-order valence-electron chi connectivity index (χ2n) is 9.91. The summed E-state index contributed by atoms with van der Waals surface area (Å²) in [5.74, 6) is 0.458. The van der Waals surface area contributed by atoms with Crippen LogP contribution in [0.3, 0.4) is 0 Å². The van der Waals surface area contributed by atoms with Crippen LogP contribution in [-0.4, -0.2) is 92.9 Å². The number of halogens is 1. The molecule has 1 amide bonds. The van der Waals surface area contributed by atoms with Crippen LogP contribution in [-0.2, 0) is 0 Å². The van der Waals surface area contributed by atoms with E-state index in [1.807, 2.05) is 35.2 Å². The lowest BCUT2D eigenvalue weighted by molar-refractivity contribution is 0.142. The Balaban J connectivity index is 1.46. The number of ether oxygens (including phenoxy) is 1. The van der Waals surface area contributed by atoms with Crippen LogP contribution >= 0.6 is 11.6 Å². The first-order chi connectivity index (χ1) is 18.9. The van der Waals surface area contributed by atoms with Gasteiger partial charge in [0.15, 0.2) is 11.3 Å². The monoisotopic (exact) mass is 549 g/mol. The maximum atomic E-state index is 13.9. The van der Waals surface area contributed by atoms with Crippen LogP contribution in [0.4, 0.5) is 10.6 Å². The van der Waals surface area contributed by atoms with Crippen LogP contribution in [0.5, 0.6) is 6.01 Å². The van der Waals surface area contributed by atoms with Crippen molar-refractivity contribution < 1.29 is 14.6 Å². The zero-order chi connectivity index (χ0) is 27.1. The molecule has 0 unspecified atom stereocenters. The Labute approximate surface area is 229 Å². The lowest BCUT2D eigenvalue weighted by atomic mass is 10.1. The fourth-order valence-electron chi connectivity index (χ4n) is 5.38. The minimum atomic E-state index is -0.957. The van der Waals surface area contributed by atoms with E-state index >= 15 is 0 Å². The van der Waals surface area contributed by atoms with Gasteiger partial charge in [-0.1, -0.05) is 35.9 Å². The molecule has 2 aliphatic heterocycles. The topological polar surface area (TPSA) is 117 Å². The van der Waals surface area contributed by atoms with Crippen LogP contribution in [0.15, 0.2) is 47.5 Å². The standard InChI is InChI=1S/C27H28ClN7O4/c1-32-10-4-7-18(32)15-39-26-30-23-22(24(31-26)33-11-13-34(14-12-33)27(37)38)29-16-35(25(23)36)20-9-3-6-17-5-2-8-19(28)21(17)20/h2-3,5-6,8-9,16,18H,4,7,10-15H2,1H3,(H,37,38)/t18-/m0/s1. The molecule has 0 spiro atoms. The number of aromatic nitrogens is 4. The number of fused-ring (bicyclic) bond motifs is 2. The average Bonchev–Trinajstić information content (AvgIpc) is 3.36. The van der Waals surface area contributed by atoms with Crippen molar-refractivity contribution in [1.29, 1.82) is 0 Å². The normalized spacial score (nSPS) is 18.3. The Kier molecular flexibility index (Phi) is 6.69. The van der Waals surface area contributed by atoms with Gasteiger partial charge in [-0.2, -0.15) is 9.97 Å². The molecule has 4 aromatic rings. The van der Waals surface area contributed by atoms with Crippen molar-refractivity contribution in [2.24, 2.45) is 0 Å². The third-order valence-electron chi connectivity index (χ3n) is 7.59. The largest absolute Gasteiger partial charge is 0.465 e. The van der Waals surface area contributed by atoms with E-state index in [0.29, 0.717) is 54.8 Å². The fourth-order valence-corrected chi connectivity index (χ4v) is 5.66. The Morgan fingerprint density at radius 3 is 2.56 bits per heavy atom. The van der Waals surface area contributed by atoms with Crippen LogP contribution in [0.2, 0.25) is 5.02 Å². The predicted molar refractivity (Wildman–Crippen MR) is 148 cm³/mol. The number of rotatable bonds is 5. The van der Waals surface area contributed by atoms with Gasteiger partial charge in [0.1, 0.15) is 18.5 Å². The second-order valence-corrected chi connectivity index (χ2v) is 10.3. The van der Waals surface area contributed by atoms with E-state index in [2.05, 4.69) is 26.9 Å². The summed E-state index contributed by atoms with van der Waals surface area (Å²) in [6, 6.07) is 11.6. The molecule has 11 nitrogen and oxygen atoms in total. The molecule has 4 heterocycles. The Morgan fingerprint density at radius 2 is 1.85 bits per heavy atom. The average molecular weight is 550 g/mol. The molecule has 2 aromatic carbocycles. The highest BCUT2D eigenvalue weighted by atomic mass is 35.5. The molecule has 0 bridgehead atoms. The quantitative estimate of drug-likeness (QED) is 0.400. The van der Waals surface area contributed by atoms with E-state index in [4.69, 9.17) is 16.3 Å². The molecule has 12 heteroatoms. The van der Waals surface area contributed by atoms with E-state index in [1.54, 1.807) is 6.07 Å². The summed E-state index contributed by atoms with van der Waals surface area (Å²) in [6.45, 7) is 2.86. The van der Waals surface area contributed by atoms with Gasteiger partial charge < -0.3 is 24.5 Å². The van der Waals surface area contributed by atoms with Crippen molar-refractivity contribution >= 4 is 45.3 Å². The lowest BCUT2D eigenvalue weighted by Crippen LogP contribution is -2.48. The van der Waals surface area contributed by atoms with Crippen LogP contribution in [0.1, 0.15) is 12.8 Å². The third-order valence-corrected chi connectivity index (χ3v) is 7.90. The van der Waals surface area contributed by atoms with Gasteiger partial charge in [-0.25, -0.2) is 9.78 Å². The maximum absolute atomic E-state index is 13.9. The van der Waals surface area contributed by atoms with Crippen molar-refractivity contribution in [1.82, 2.24) is 29.3 Å². The van der Waals surface area contributed by atoms with Gasteiger partial charge in [0.05, 0.1) is 10.7 Å². The molecule has 6 rings (SSSR count). The number of hydrogen-bond donors (Lipinski definition) is 1. The zero-order valence-electron chi connectivity index (χ0n) is 21.5. The highest BCUT2D eigenvalue weighted by molar-refractivity contribution is 6.36. The number of benzene rings is 2. The molecule has 2 aliphatic rings. The Morgan fingerprint density at radius 1 is 1.08 bits per heavy atom. The summed E-state index contributed by atoms with van der Waals surface area (Å²) >= 11 is 6.55. The molecular formula is C27H28ClN7O4. The van der Waals surface area contributed by atoms with Gasteiger partial charge >= 0.3 is 12.1 Å². The first-order valence-corrected chi connectivity index (χ1v) is 13.3. The molecular weight excluding hydrogens is 522 g/mol. The highest BCUT2D eigenvalue weighted by Gasteiger charge is 2.27. The van der Waals surface area contributed by atoms with Gasteiger partial charge in [0.25, 0.3) is 5.56 Å². The number of likely N-dealkylation sites (N-methyl/N-ethyl adjacent to an activating group) is 1. The SMILES string of the molecule is CN1CCC[C@H]1COc1nc(N2CCN(C(=O)O)CC2)c2ncn(-c3cccc4cccc(Cl)c34)c(=O)c2n1. The Hall–Kier alpha value is -3.96. The van der Waals surface area contributed by atoms with E-state index in [9.17, 15) is 14.7 Å². The molecule has 0 radical (unpaired) electrons. The smallest absolute Gasteiger partial charge is 0.407 e. The molecule has 1 N–H and O–H groups in total. The lowest BCUT2D eigenvalue weighted by Gasteiger charge is -2.34. The summed E-state index contributed by atoms with van der Waals surface area (Å²) < 4.78 is 7.51. The molecule has 2 aromatic heterocycles. The molecule has 0 aliphatic carbocycles. The van der Waals surface area contributed by atoms with Gasteiger partial charge in [0.2, 0.25) is 0 Å². The highest BCUT2D eigenvalue weighted by Crippen LogP contribution is 2.30. The van der Waals surface area contributed by atoms with Gasteiger partial charge in [0, 0.05) is 37.6 Å². The van der Waals surface area contributed by atoms with Gasteiger partial charge in [-0.15, -0.1) is 0 Å². The minimum Gasteiger partial charge on any atom is -0.465 e. The molecule has 2 saturated heterocycles. The molecule has 0 saturated carbocycles. The van der Waals surface area contributed by atoms with E-state index in [0.717, 1.165) is 30.2 Å². The summed E-state index contributed by atoms with van der Waals surface area (Å²) in [5, 5.41) is 11.5. The zero-order valence-corrected chi connectivity index (χ0v) is 22.2. The van der Waals surface area contributed by atoms with E-state index < -0.39 is 6.09 Å². The van der Waals surface area contributed by atoms with E-state index in [1.165, 1.54) is 15.8 Å². The van der Waals surface area contributed by atoms with Gasteiger partial charge in [-0.05, 0) is 44.0 Å². The van der Waals surface area contributed by atoms with Gasteiger partial charge in [-0.3, -0.25) is 9.36 Å². The minimum absolute atomic E-state index is 0.103. The summed E-state index contributed by atoms with van der Waals surface area (Å²) in [5.41, 5.74) is 0.699. The second kappa shape index (κ2) is 10.3. The van der Waals surface area contributed by atoms with Crippen molar-refractivity contribution in [3.63, 3.8) is 0 Å². The van der Waals surface area contributed by atoms with Crippen molar-refractivity contribution in [2.75, 3.05) is 51.3 Å². The van der Waals surface area contributed by atoms with Crippen molar-refractivity contribution in [3.8, 4) is 11.7 Å². The number of likely N-dealkylation sites (tertiary alicyclic amines) is 1. The number of amides is 1. The van der Waals surface area contributed by atoms with Crippen molar-refractivity contribution in [2.45, 2.75) is 18.9 Å².